The van der Waals surface area contributed by atoms with Crippen molar-refractivity contribution < 1.29 is 48.7 Å². The van der Waals surface area contributed by atoms with Crippen LogP contribution in [0.3, 0.4) is 0 Å². The third kappa shape index (κ3) is 10.1. The third-order valence-corrected chi connectivity index (χ3v) is 1.56. The molecule has 0 aromatic heterocycles. The van der Waals surface area contributed by atoms with Crippen molar-refractivity contribution in [2.75, 3.05) is 12.3 Å². The second-order valence-electron chi connectivity index (χ2n) is 1.78. The largest absolute Gasteiger partial charge is 1.00 e. The van der Waals surface area contributed by atoms with Crippen molar-refractivity contribution in [1.82, 2.24) is 5.32 Å². The Bertz CT molecular complexity index is 253. The van der Waals surface area contributed by atoms with E-state index in [9.17, 15) is 13.2 Å². The zero-order chi connectivity index (χ0) is 8.91. The van der Waals surface area contributed by atoms with E-state index in [2.05, 4.69) is 11.9 Å². The Balaban J connectivity index is -0.000000500. The predicted molar refractivity (Wildman–Crippen MR) is 40.7 cm³/mol. The van der Waals surface area contributed by atoms with E-state index in [1.165, 1.54) is 0 Å². The Labute approximate surface area is 94.7 Å². The van der Waals surface area contributed by atoms with Gasteiger partial charge in [-0.25, -0.2) is 0 Å². The maximum Gasteiger partial charge on any atom is 1.00 e. The summed E-state index contributed by atoms with van der Waals surface area (Å²) in [6.07, 6.45) is 1.02. The first-order chi connectivity index (χ1) is 4.95. The van der Waals surface area contributed by atoms with Crippen LogP contribution in [0.1, 0.15) is 1.43 Å². The molecule has 0 aromatic carbocycles. The summed E-state index contributed by atoms with van der Waals surface area (Å²) < 4.78 is 28.4. The first-order valence-electron chi connectivity index (χ1n) is 2.81. The van der Waals surface area contributed by atoms with Crippen LogP contribution in [0.25, 0.3) is 0 Å². The van der Waals surface area contributed by atoms with Gasteiger partial charge >= 0.3 is 29.6 Å². The molecule has 0 bridgehead atoms. The number of nitrogens with one attached hydrogen (secondary N) is 1. The van der Waals surface area contributed by atoms with Crippen LogP contribution in [0.2, 0.25) is 0 Å². The van der Waals surface area contributed by atoms with Crippen molar-refractivity contribution in [3.63, 3.8) is 0 Å². The smallest absolute Gasteiger partial charge is 1.00 e. The summed E-state index contributed by atoms with van der Waals surface area (Å²) in [6.45, 7) is 3.04. The minimum absolute atomic E-state index is 0. The van der Waals surface area contributed by atoms with E-state index in [0.717, 1.165) is 6.08 Å². The van der Waals surface area contributed by atoms with Gasteiger partial charge in [0.05, 0.1) is 5.75 Å². The van der Waals surface area contributed by atoms with Gasteiger partial charge < -0.3 is 6.74 Å². The molecule has 12 heavy (non-hydrogen) atoms. The molecule has 5 nitrogen and oxygen atoms in total. The summed E-state index contributed by atoms with van der Waals surface area (Å²) in [4.78, 5) is 10.4. The van der Waals surface area contributed by atoms with Gasteiger partial charge in [-0.2, -0.15) is 8.42 Å². The molecule has 2 N–H and O–H groups in total. The number of carbonyl (C=O) groups excluding carboxylic acids is 1. The Hall–Kier alpha value is 0.120. The Morgan fingerprint density at radius 1 is 1.67 bits per heavy atom. The van der Waals surface area contributed by atoms with Gasteiger partial charge in [0, 0.05) is 6.54 Å². The molecule has 0 aliphatic rings. The van der Waals surface area contributed by atoms with Gasteiger partial charge in [0.1, 0.15) is 0 Å². The number of rotatable bonds is 4. The molecule has 0 fully saturated rings. The normalized spacial score (nSPS) is 9.75. The van der Waals surface area contributed by atoms with Crippen molar-refractivity contribution in [2.24, 2.45) is 0 Å². The quantitative estimate of drug-likeness (QED) is 0.280. The SMILES string of the molecule is C=CC(=O)NCCS(=O)(=O)O.[H-].[Na+]. The van der Waals surface area contributed by atoms with Crippen LogP contribution >= 0.6 is 0 Å². The maximum atomic E-state index is 10.4. The molecule has 0 aliphatic heterocycles. The molecular formula is C5H10NNaO4S. The average molecular weight is 203 g/mol. The maximum absolute atomic E-state index is 10.4. The molecule has 0 rings (SSSR count). The molecule has 66 valence electrons. The topological polar surface area (TPSA) is 83.5 Å². The predicted octanol–water partition coefficient (Wildman–Crippen LogP) is -3.71. The summed E-state index contributed by atoms with van der Waals surface area (Å²) >= 11 is 0. The summed E-state index contributed by atoms with van der Waals surface area (Å²) in [6, 6.07) is 0. The van der Waals surface area contributed by atoms with Gasteiger partial charge in [-0.3, -0.25) is 9.35 Å². The van der Waals surface area contributed by atoms with Gasteiger partial charge in [0.2, 0.25) is 5.91 Å². The first kappa shape index (κ1) is 14.6. The Morgan fingerprint density at radius 2 is 2.17 bits per heavy atom. The average Bonchev–Trinajstić information content (AvgIpc) is 1.85. The molecule has 1 amide bonds. The molecule has 7 heteroatoms. The zero-order valence-corrected chi connectivity index (χ0v) is 9.60. The molecule has 0 aliphatic carbocycles. The Morgan fingerprint density at radius 3 is 2.50 bits per heavy atom. The van der Waals surface area contributed by atoms with E-state index in [1.54, 1.807) is 0 Å². The van der Waals surface area contributed by atoms with E-state index in [0.29, 0.717) is 0 Å². The van der Waals surface area contributed by atoms with Crippen molar-refractivity contribution in [2.45, 2.75) is 0 Å². The first-order valence-corrected chi connectivity index (χ1v) is 4.42. The molecule has 0 saturated heterocycles. The Kier molecular flexibility index (Phi) is 8.07. The van der Waals surface area contributed by atoms with Gasteiger partial charge in [-0.05, 0) is 6.08 Å². The second kappa shape index (κ2) is 6.62. The fourth-order valence-electron chi connectivity index (χ4n) is 0.375. The summed E-state index contributed by atoms with van der Waals surface area (Å²) in [5.74, 6) is -0.944. The van der Waals surface area contributed by atoms with E-state index in [1.807, 2.05) is 0 Å². The fraction of sp³-hybridized carbons (Fsp3) is 0.400. The van der Waals surface area contributed by atoms with Crippen molar-refractivity contribution in [3.05, 3.63) is 12.7 Å². The van der Waals surface area contributed by atoms with Gasteiger partial charge in [-0.1, -0.05) is 6.58 Å². The van der Waals surface area contributed by atoms with Gasteiger partial charge in [0.15, 0.2) is 0 Å². The molecule has 0 spiro atoms. The molecule has 0 atom stereocenters. The van der Waals surface area contributed by atoms with E-state index in [-0.39, 0.29) is 37.5 Å². The molecule has 0 radical (unpaired) electrons. The van der Waals surface area contributed by atoms with Gasteiger partial charge in [0.25, 0.3) is 10.1 Å². The monoisotopic (exact) mass is 203 g/mol. The minimum atomic E-state index is -3.98. The van der Waals surface area contributed by atoms with Crippen molar-refractivity contribution in [3.8, 4) is 0 Å². The van der Waals surface area contributed by atoms with E-state index in [4.69, 9.17) is 4.55 Å². The molecule has 0 aromatic rings. The number of hydrogen-bond acceptors (Lipinski definition) is 3. The summed E-state index contributed by atoms with van der Waals surface area (Å²) in [5.41, 5.74) is 0. The van der Waals surface area contributed by atoms with Crippen LogP contribution in [0.15, 0.2) is 12.7 Å². The molecule has 0 unspecified atom stereocenters. The van der Waals surface area contributed by atoms with Crippen LogP contribution in [-0.4, -0.2) is 31.2 Å². The molecule has 0 saturated carbocycles. The van der Waals surface area contributed by atoms with Crippen LogP contribution in [-0.2, 0) is 14.9 Å². The molecular weight excluding hydrogens is 193 g/mol. The van der Waals surface area contributed by atoms with E-state index >= 15 is 0 Å². The molecule has 0 heterocycles. The summed E-state index contributed by atoms with van der Waals surface area (Å²) in [5, 5.41) is 2.19. The third-order valence-electron chi connectivity index (χ3n) is 0.845. The summed E-state index contributed by atoms with van der Waals surface area (Å²) in [7, 11) is -3.98. The van der Waals surface area contributed by atoms with Crippen LogP contribution < -0.4 is 34.9 Å². The number of carbonyl (C=O) groups is 1. The van der Waals surface area contributed by atoms with Crippen LogP contribution in [0.5, 0.6) is 0 Å². The van der Waals surface area contributed by atoms with Crippen molar-refractivity contribution >= 4 is 16.0 Å². The van der Waals surface area contributed by atoms with Crippen LogP contribution in [0.4, 0.5) is 0 Å². The number of amides is 1. The standard InChI is InChI=1S/C5H9NO4S.Na.H/c1-2-5(7)6-3-4-11(8,9)10;;/h2H,1,3-4H2,(H,6,7)(H,8,9,10);;/q;+1;-1. The fourth-order valence-corrected chi connectivity index (χ4v) is 0.735. The van der Waals surface area contributed by atoms with Crippen LogP contribution in [0, 0.1) is 0 Å². The minimum Gasteiger partial charge on any atom is -1.00 e. The second-order valence-corrected chi connectivity index (χ2v) is 3.35. The van der Waals surface area contributed by atoms with Gasteiger partial charge in [-0.15, -0.1) is 0 Å². The zero-order valence-electron chi connectivity index (χ0n) is 7.78. The van der Waals surface area contributed by atoms with E-state index < -0.39 is 21.8 Å². The van der Waals surface area contributed by atoms with Crippen molar-refractivity contribution in [1.29, 1.82) is 0 Å². The number of hydrogen-bond donors (Lipinski definition) is 2.